The molecule has 0 bridgehead atoms. The number of aromatic nitrogens is 2. The van der Waals surface area contributed by atoms with Crippen molar-refractivity contribution in [3.63, 3.8) is 0 Å². The minimum absolute atomic E-state index is 0.479. The minimum Gasteiger partial charge on any atom is -0.346 e. The number of hydrogen-bond donors (Lipinski definition) is 1. The maximum atomic E-state index is 5.25. The highest BCUT2D eigenvalue weighted by Gasteiger charge is 2.28. The first-order chi connectivity index (χ1) is 8.24. The number of thioether (sulfide) groups is 2. The van der Waals surface area contributed by atoms with Crippen LogP contribution in [0.15, 0.2) is 6.07 Å². The van der Waals surface area contributed by atoms with Crippen molar-refractivity contribution in [2.75, 3.05) is 11.5 Å². The molecule has 1 aromatic rings. The first-order valence-corrected chi connectivity index (χ1v) is 8.58. The minimum atomic E-state index is 0.479. The molecule has 1 aliphatic heterocycles. The quantitative estimate of drug-likeness (QED) is 0.850. The van der Waals surface area contributed by atoms with Crippen LogP contribution in [0.5, 0.6) is 0 Å². The van der Waals surface area contributed by atoms with E-state index < -0.39 is 0 Å². The Kier molecular flexibility index (Phi) is 4.94. The molecule has 0 aliphatic carbocycles. The molecule has 2 heterocycles. The number of H-pyrrole nitrogens is 1. The van der Waals surface area contributed by atoms with Crippen molar-refractivity contribution < 1.29 is 0 Å². The molecule has 5 heteroatoms. The van der Waals surface area contributed by atoms with E-state index in [1.807, 2.05) is 17.8 Å². The summed E-state index contributed by atoms with van der Waals surface area (Å²) in [7, 11) is 0. The molecule has 1 aliphatic rings. The van der Waals surface area contributed by atoms with Crippen LogP contribution in [0.1, 0.15) is 37.0 Å². The van der Waals surface area contributed by atoms with Gasteiger partial charge in [-0.1, -0.05) is 26.1 Å². The molecule has 0 saturated carbocycles. The van der Waals surface area contributed by atoms with Crippen molar-refractivity contribution >= 4 is 35.7 Å². The zero-order chi connectivity index (χ0) is 12.3. The van der Waals surface area contributed by atoms with Crippen molar-refractivity contribution in [2.45, 2.75) is 37.2 Å². The van der Waals surface area contributed by atoms with Gasteiger partial charge in [0, 0.05) is 22.4 Å². The molecule has 1 N–H and O–H groups in total. The topological polar surface area (TPSA) is 28.7 Å². The zero-order valence-corrected chi connectivity index (χ0v) is 12.7. The monoisotopic (exact) mass is 286 g/mol. The van der Waals surface area contributed by atoms with Crippen molar-refractivity contribution in [1.82, 2.24) is 9.97 Å². The fourth-order valence-electron chi connectivity index (χ4n) is 2.01. The van der Waals surface area contributed by atoms with Gasteiger partial charge >= 0.3 is 0 Å². The normalized spacial score (nSPS) is 24.8. The lowest BCUT2D eigenvalue weighted by Crippen LogP contribution is -2.20. The maximum absolute atomic E-state index is 5.25. The van der Waals surface area contributed by atoms with Gasteiger partial charge in [-0.3, -0.25) is 0 Å². The fourth-order valence-corrected chi connectivity index (χ4v) is 5.26. The number of aryl methyl sites for hydroxylation is 1. The number of hydrogen-bond acceptors (Lipinski definition) is 4. The number of rotatable bonds is 3. The van der Waals surface area contributed by atoms with Crippen LogP contribution in [-0.4, -0.2) is 26.7 Å². The largest absolute Gasteiger partial charge is 0.346 e. The van der Waals surface area contributed by atoms with Crippen molar-refractivity contribution in [2.24, 2.45) is 0 Å². The SMILES string of the molecule is CCc1cc(=S)nc(C2SCCSC2CC)[nH]1. The van der Waals surface area contributed by atoms with E-state index in [2.05, 4.69) is 35.6 Å². The van der Waals surface area contributed by atoms with E-state index in [0.717, 1.165) is 16.9 Å². The second-order valence-corrected chi connectivity index (χ2v) is 7.11. The summed E-state index contributed by atoms with van der Waals surface area (Å²) in [6, 6.07) is 1.97. The average Bonchev–Trinajstić information content (AvgIpc) is 2.37. The van der Waals surface area contributed by atoms with E-state index in [1.165, 1.54) is 23.6 Å². The second kappa shape index (κ2) is 6.25. The van der Waals surface area contributed by atoms with Gasteiger partial charge in [0.05, 0.1) is 5.25 Å². The Hall–Kier alpha value is -0.0000000000000000555. The molecule has 0 amide bonds. The summed E-state index contributed by atoms with van der Waals surface area (Å²) in [5, 5.41) is 1.14. The molecule has 17 heavy (non-hydrogen) atoms. The molecule has 2 unspecified atom stereocenters. The summed E-state index contributed by atoms with van der Waals surface area (Å²) in [4.78, 5) is 7.99. The summed E-state index contributed by atoms with van der Waals surface area (Å²) in [5.74, 6) is 3.55. The highest BCUT2D eigenvalue weighted by atomic mass is 32.2. The van der Waals surface area contributed by atoms with Gasteiger partial charge in [0.2, 0.25) is 0 Å². The fraction of sp³-hybridized carbons (Fsp3) is 0.667. The van der Waals surface area contributed by atoms with Crippen LogP contribution < -0.4 is 0 Å². The molecular weight excluding hydrogens is 268 g/mol. The Balaban J connectivity index is 2.31. The summed E-state index contributed by atoms with van der Waals surface area (Å²) >= 11 is 9.34. The zero-order valence-electron chi connectivity index (χ0n) is 10.2. The van der Waals surface area contributed by atoms with Crippen LogP contribution in [0.25, 0.3) is 0 Å². The Bertz CT molecular complexity index is 430. The van der Waals surface area contributed by atoms with Crippen LogP contribution in [-0.2, 0) is 6.42 Å². The third-order valence-corrected chi connectivity index (χ3v) is 6.38. The van der Waals surface area contributed by atoms with Crippen LogP contribution in [0.3, 0.4) is 0 Å². The van der Waals surface area contributed by atoms with Gasteiger partial charge in [-0.2, -0.15) is 11.8 Å². The highest BCUT2D eigenvalue weighted by Crippen LogP contribution is 2.42. The summed E-state index contributed by atoms with van der Waals surface area (Å²) in [5.41, 5.74) is 1.20. The molecule has 1 saturated heterocycles. The van der Waals surface area contributed by atoms with Crippen molar-refractivity contribution in [1.29, 1.82) is 0 Å². The van der Waals surface area contributed by atoms with Gasteiger partial charge in [0.25, 0.3) is 0 Å². The van der Waals surface area contributed by atoms with E-state index in [9.17, 15) is 0 Å². The summed E-state index contributed by atoms with van der Waals surface area (Å²) in [6.07, 6.45) is 2.18. The van der Waals surface area contributed by atoms with Gasteiger partial charge in [0.15, 0.2) is 0 Å². The van der Waals surface area contributed by atoms with E-state index in [0.29, 0.717) is 10.5 Å². The molecular formula is C12H18N2S3. The number of nitrogens with zero attached hydrogens (tertiary/aromatic N) is 1. The standard InChI is InChI=1S/C12H18N2S3/c1-3-8-7-10(15)14-12(13-8)11-9(4-2)16-5-6-17-11/h7,9,11H,3-6H2,1-2H3,(H,13,14,15). The van der Waals surface area contributed by atoms with Gasteiger partial charge < -0.3 is 4.98 Å². The van der Waals surface area contributed by atoms with E-state index in [4.69, 9.17) is 12.2 Å². The Morgan fingerprint density at radius 1 is 1.41 bits per heavy atom. The molecule has 0 aromatic carbocycles. The second-order valence-electron chi connectivity index (χ2n) is 4.09. The molecule has 2 rings (SSSR count). The van der Waals surface area contributed by atoms with Crippen molar-refractivity contribution in [3.8, 4) is 0 Å². The smallest absolute Gasteiger partial charge is 0.130 e. The first kappa shape index (κ1) is 13.4. The third-order valence-electron chi connectivity index (χ3n) is 2.92. The van der Waals surface area contributed by atoms with Crippen molar-refractivity contribution in [3.05, 3.63) is 22.2 Å². The third kappa shape index (κ3) is 3.26. The lowest BCUT2D eigenvalue weighted by molar-refractivity contribution is 0.739. The molecule has 2 nitrogen and oxygen atoms in total. The maximum Gasteiger partial charge on any atom is 0.130 e. The predicted molar refractivity (Wildman–Crippen MR) is 80.5 cm³/mol. The van der Waals surface area contributed by atoms with Crippen LogP contribution in [0.4, 0.5) is 0 Å². The molecule has 0 radical (unpaired) electrons. The Morgan fingerprint density at radius 2 is 2.18 bits per heavy atom. The number of aromatic amines is 1. The first-order valence-electron chi connectivity index (χ1n) is 6.08. The van der Waals surface area contributed by atoms with E-state index >= 15 is 0 Å². The van der Waals surface area contributed by atoms with Gasteiger partial charge in [-0.05, 0) is 18.9 Å². The van der Waals surface area contributed by atoms with Crippen LogP contribution >= 0.6 is 35.7 Å². The summed E-state index contributed by atoms with van der Waals surface area (Å²) in [6.45, 7) is 4.40. The molecule has 1 fully saturated rings. The Labute approximate surface area is 116 Å². The molecule has 0 spiro atoms. The lowest BCUT2D eigenvalue weighted by atomic mass is 10.2. The summed E-state index contributed by atoms with van der Waals surface area (Å²) < 4.78 is 0.724. The molecule has 1 aromatic heterocycles. The Morgan fingerprint density at radius 3 is 2.88 bits per heavy atom. The predicted octanol–water partition coefficient (Wildman–Crippen LogP) is 4.00. The highest BCUT2D eigenvalue weighted by molar-refractivity contribution is 8.06. The molecule has 2 atom stereocenters. The number of nitrogens with one attached hydrogen (secondary N) is 1. The van der Waals surface area contributed by atoms with Gasteiger partial charge in [0.1, 0.15) is 10.5 Å². The van der Waals surface area contributed by atoms with Crippen LogP contribution in [0, 0.1) is 4.64 Å². The van der Waals surface area contributed by atoms with Crippen LogP contribution in [0.2, 0.25) is 0 Å². The van der Waals surface area contributed by atoms with E-state index in [1.54, 1.807) is 0 Å². The lowest BCUT2D eigenvalue weighted by Gasteiger charge is -2.29. The average molecular weight is 286 g/mol. The van der Waals surface area contributed by atoms with Gasteiger partial charge in [-0.15, -0.1) is 11.8 Å². The van der Waals surface area contributed by atoms with Gasteiger partial charge in [-0.25, -0.2) is 4.98 Å². The van der Waals surface area contributed by atoms with E-state index in [-0.39, 0.29) is 0 Å². The molecule has 94 valence electrons.